The summed E-state index contributed by atoms with van der Waals surface area (Å²) < 4.78 is 5.87. The monoisotopic (exact) mass is 273 g/mol. The summed E-state index contributed by atoms with van der Waals surface area (Å²) in [7, 11) is 0. The number of ether oxygens (including phenoxy) is 1. The minimum absolute atomic E-state index is 0.408. The molecular weight excluding hydrogens is 246 g/mol. The normalized spacial score (nSPS) is 32.2. The Balaban J connectivity index is 1.82. The molecule has 1 heterocycles. The third-order valence-corrected chi connectivity index (χ3v) is 5.21. The molecule has 3 atom stereocenters. The van der Waals surface area contributed by atoms with E-state index in [2.05, 4.69) is 50.4 Å². The summed E-state index contributed by atoms with van der Waals surface area (Å²) in [5, 5.41) is 3.97. The van der Waals surface area contributed by atoms with Crippen molar-refractivity contribution >= 4 is 0 Å². The molecule has 3 rings (SSSR count). The van der Waals surface area contributed by atoms with E-state index in [1.54, 1.807) is 0 Å². The van der Waals surface area contributed by atoms with Gasteiger partial charge in [-0.05, 0) is 24.3 Å². The molecule has 0 bridgehead atoms. The van der Waals surface area contributed by atoms with Crippen molar-refractivity contribution in [3.8, 4) is 5.75 Å². The Hall–Kier alpha value is -1.02. The SMILES string of the molecule is CC1COc2ccccc2C1NC1CCCCC1(C)C. The number of para-hydroxylation sites is 1. The van der Waals surface area contributed by atoms with Crippen molar-refractivity contribution in [1.82, 2.24) is 5.32 Å². The van der Waals surface area contributed by atoms with Crippen LogP contribution in [0.25, 0.3) is 0 Å². The lowest BCUT2D eigenvalue weighted by Gasteiger charge is -2.43. The van der Waals surface area contributed by atoms with Gasteiger partial charge in [0.05, 0.1) is 6.61 Å². The van der Waals surface area contributed by atoms with Crippen molar-refractivity contribution in [1.29, 1.82) is 0 Å². The van der Waals surface area contributed by atoms with Gasteiger partial charge in [-0.25, -0.2) is 0 Å². The lowest BCUT2D eigenvalue weighted by Crippen LogP contribution is -2.48. The largest absolute Gasteiger partial charge is 0.493 e. The van der Waals surface area contributed by atoms with Crippen LogP contribution in [0.4, 0.5) is 0 Å². The summed E-state index contributed by atoms with van der Waals surface area (Å²) in [5.41, 5.74) is 1.75. The number of nitrogens with one attached hydrogen (secondary N) is 1. The summed E-state index contributed by atoms with van der Waals surface area (Å²) in [6.45, 7) is 7.95. The second-order valence-corrected chi connectivity index (χ2v) is 7.26. The van der Waals surface area contributed by atoms with Crippen molar-refractivity contribution in [2.24, 2.45) is 11.3 Å². The summed E-state index contributed by atoms with van der Waals surface area (Å²) >= 11 is 0. The minimum atomic E-state index is 0.408. The molecule has 1 aliphatic carbocycles. The predicted molar refractivity (Wildman–Crippen MR) is 83.0 cm³/mol. The van der Waals surface area contributed by atoms with E-state index < -0.39 is 0 Å². The lowest BCUT2D eigenvalue weighted by molar-refractivity contribution is 0.118. The summed E-state index contributed by atoms with van der Waals surface area (Å²) in [6, 6.07) is 9.56. The fourth-order valence-electron chi connectivity index (χ4n) is 3.77. The van der Waals surface area contributed by atoms with Gasteiger partial charge in [-0.2, -0.15) is 0 Å². The number of hydrogen-bond donors (Lipinski definition) is 1. The highest BCUT2D eigenvalue weighted by molar-refractivity contribution is 5.38. The molecule has 1 aromatic carbocycles. The van der Waals surface area contributed by atoms with Crippen LogP contribution in [0.1, 0.15) is 58.1 Å². The van der Waals surface area contributed by atoms with Gasteiger partial charge in [-0.3, -0.25) is 0 Å². The quantitative estimate of drug-likeness (QED) is 0.866. The lowest BCUT2D eigenvalue weighted by atomic mass is 9.72. The summed E-state index contributed by atoms with van der Waals surface area (Å²) in [6.07, 6.45) is 5.38. The van der Waals surface area contributed by atoms with Gasteiger partial charge in [0.25, 0.3) is 0 Å². The zero-order valence-electron chi connectivity index (χ0n) is 13.0. The molecule has 3 unspecified atom stereocenters. The highest BCUT2D eigenvalue weighted by Crippen LogP contribution is 2.40. The van der Waals surface area contributed by atoms with Crippen LogP contribution < -0.4 is 10.1 Å². The zero-order chi connectivity index (χ0) is 14.2. The molecule has 0 aromatic heterocycles. The number of hydrogen-bond acceptors (Lipinski definition) is 2. The molecule has 1 saturated carbocycles. The van der Waals surface area contributed by atoms with Gasteiger partial charge in [0.15, 0.2) is 0 Å². The summed E-state index contributed by atoms with van der Waals surface area (Å²) in [5.74, 6) is 1.60. The van der Waals surface area contributed by atoms with Crippen LogP contribution in [0, 0.1) is 11.3 Å². The van der Waals surface area contributed by atoms with Gasteiger partial charge in [0, 0.05) is 23.6 Å². The smallest absolute Gasteiger partial charge is 0.124 e. The second kappa shape index (κ2) is 5.40. The molecule has 1 aliphatic heterocycles. The molecule has 110 valence electrons. The highest BCUT2D eigenvalue weighted by Gasteiger charge is 2.36. The molecule has 1 fully saturated rings. The molecule has 0 radical (unpaired) electrons. The first-order valence-electron chi connectivity index (χ1n) is 8.06. The van der Waals surface area contributed by atoms with E-state index in [1.807, 2.05) is 0 Å². The van der Waals surface area contributed by atoms with Crippen LogP contribution in [0.15, 0.2) is 24.3 Å². The fourth-order valence-corrected chi connectivity index (χ4v) is 3.77. The Morgan fingerprint density at radius 3 is 2.80 bits per heavy atom. The van der Waals surface area contributed by atoms with Crippen molar-refractivity contribution in [2.45, 2.75) is 58.5 Å². The average molecular weight is 273 g/mol. The van der Waals surface area contributed by atoms with Gasteiger partial charge >= 0.3 is 0 Å². The number of fused-ring (bicyclic) bond motifs is 1. The minimum Gasteiger partial charge on any atom is -0.493 e. The molecule has 1 aromatic rings. The Labute approximate surface area is 122 Å². The molecule has 0 saturated heterocycles. The van der Waals surface area contributed by atoms with E-state index >= 15 is 0 Å². The fraction of sp³-hybridized carbons (Fsp3) is 0.667. The van der Waals surface area contributed by atoms with Gasteiger partial charge in [-0.15, -0.1) is 0 Å². The molecule has 0 amide bonds. The topological polar surface area (TPSA) is 21.3 Å². The number of benzene rings is 1. The summed E-state index contributed by atoms with van der Waals surface area (Å²) in [4.78, 5) is 0. The molecule has 2 heteroatoms. The third-order valence-electron chi connectivity index (χ3n) is 5.21. The van der Waals surface area contributed by atoms with Gasteiger partial charge < -0.3 is 10.1 Å². The maximum absolute atomic E-state index is 5.87. The van der Waals surface area contributed by atoms with E-state index in [0.717, 1.165) is 12.4 Å². The highest BCUT2D eigenvalue weighted by atomic mass is 16.5. The van der Waals surface area contributed by atoms with E-state index in [1.165, 1.54) is 31.2 Å². The zero-order valence-corrected chi connectivity index (χ0v) is 13.0. The van der Waals surface area contributed by atoms with Gasteiger partial charge in [-0.1, -0.05) is 51.8 Å². The van der Waals surface area contributed by atoms with E-state index in [9.17, 15) is 0 Å². The number of rotatable bonds is 2. The first-order chi connectivity index (χ1) is 9.58. The van der Waals surface area contributed by atoms with Crippen molar-refractivity contribution < 1.29 is 4.74 Å². The Morgan fingerprint density at radius 2 is 2.00 bits per heavy atom. The molecule has 0 spiro atoms. The van der Waals surface area contributed by atoms with Crippen LogP contribution >= 0.6 is 0 Å². The van der Waals surface area contributed by atoms with Crippen molar-refractivity contribution in [3.05, 3.63) is 29.8 Å². The first-order valence-corrected chi connectivity index (χ1v) is 8.06. The maximum atomic E-state index is 5.87. The molecule has 2 nitrogen and oxygen atoms in total. The Bertz CT molecular complexity index is 468. The van der Waals surface area contributed by atoms with Crippen LogP contribution in [0.5, 0.6) is 5.75 Å². The molecule has 20 heavy (non-hydrogen) atoms. The van der Waals surface area contributed by atoms with Crippen LogP contribution in [-0.2, 0) is 0 Å². The van der Waals surface area contributed by atoms with Crippen LogP contribution in [-0.4, -0.2) is 12.6 Å². The Morgan fingerprint density at radius 1 is 1.20 bits per heavy atom. The van der Waals surface area contributed by atoms with Crippen molar-refractivity contribution in [3.63, 3.8) is 0 Å². The maximum Gasteiger partial charge on any atom is 0.124 e. The van der Waals surface area contributed by atoms with E-state index in [0.29, 0.717) is 23.4 Å². The second-order valence-electron chi connectivity index (χ2n) is 7.26. The van der Waals surface area contributed by atoms with Crippen molar-refractivity contribution in [2.75, 3.05) is 6.61 Å². The van der Waals surface area contributed by atoms with Gasteiger partial charge in [0.1, 0.15) is 5.75 Å². The molecule has 2 aliphatic rings. The third kappa shape index (κ3) is 2.58. The van der Waals surface area contributed by atoms with Gasteiger partial charge in [0.2, 0.25) is 0 Å². The Kier molecular flexibility index (Phi) is 3.76. The molecular formula is C18H27NO. The van der Waals surface area contributed by atoms with Crippen LogP contribution in [0.2, 0.25) is 0 Å². The van der Waals surface area contributed by atoms with Crippen LogP contribution in [0.3, 0.4) is 0 Å². The molecule has 1 N–H and O–H groups in total. The average Bonchev–Trinajstić information content (AvgIpc) is 2.43. The first kappa shape index (κ1) is 13.9. The van der Waals surface area contributed by atoms with E-state index in [4.69, 9.17) is 4.74 Å². The standard InChI is InChI=1S/C18H27NO/c1-13-12-20-15-9-5-4-8-14(15)17(13)19-16-10-6-7-11-18(16,2)3/h4-5,8-9,13,16-17,19H,6-7,10-12H2,1-3H3. The predicted octanol–water partition coefficient (Wildman–Crippen LogP) is 4.31. The van der Waals surface area contributed by atoms with E-state index in [-0.39, 0.29) is 0 Å².